The van der Waals surface area contributed by atoms with Gasteiger partial charge < -0.3 is 5.32 Å². The summed E-state index contributed by atoms with van der Waals surface area (Å²) < 4.78 is 1.51. The zero-order valence-corrected chi connectivity index (χ0v) is 12.1. The van der Waals surface area contributed by atoms with Gasteiger partial charge in [-0.3, -0.25) is 19.6 Å². The number of nitro benzene ring substituents is 1. The van der Waals surface area contributed by atoms with Crippen LogP contribution in [0.1, 0.15) is 6.42 Å². The van der Waals surface area contributed by atoms with Gasteiger partial charge >= 0.3 is 0 Å². The quantitative estimate of drug-likeness (QED) is 0.674. The van der Waals surface area contributed by atoms with Crippen LogP contribution >= 0.6 is 23.2 Å². The largest absolute Gasteiger partial charge is 0.320 e. The van der Waals surface area contributed by atoms with E-state index in [0.717, 1.165) is 0 Å². The van der Waals surface area contributed by atoms with E-state index >= 15 is 0 Å². The smallest absolute Gasteiger partial charge is 0.294 e. The molecule has 0 aliphatic heterocycles. The van der Waals surface area contributed by atoms with Gasteiger partial charge in [-0.2, -0.15) is 5.10 Å². The van der Waals surface area contributed by atoms with Gasteiger partial charge in [0.15, 0.2) is 0 Å². The van der Waals surface area contributed by atoms with Crippen LogP contribution in [0, 0.1) is 10.1 Å². The van der Waals surface area contributed by atoms with E-state index in [2.05, 4.69) is 10.4 Å². The molecule has 1 heterocycles. The third kappa shape index (κ3) is 4.17. The topological polar surface area (TPSA) is 90.1 Å². The van der Waals surface area contributed by atoms with Gasteiger partial charge in [-0.05, 0) is 12.1 Å². The second-order valence-corrected chi connectivity index (χ2v) is 5.01. The third-order valence-electron chi connectivity index (χ3n) is 2.60. The van der Waals surface area contributed by atoms with Crippen LogP contribution in [0.25, 0.3) is 0 Å². The Kier molecular flexibility index (Phi) is 4.77. The first-order chi connectivity index (χ1) is 9.95. The zero-order chi connectivity index (χ0) is 15.4. The van der Waals surface area contributed by atoms with Crippen LogP contribution < -0.4 is 5.32 Å². The maximum absolute atomic E-state index is 11.8. The van der Waals surface area contributed by atoms with Gasteiger partial charge in [0, 0.05) is 30.3 Å². The number of hydrogen-bond donors (Lipinski definition) is 1. The molecule has 0 atom stereocenters. The maximum atomic E-state index is 11.8. The molecular formula is C12H10Cl2N4O3. The molecule has 2 rings (SSSR count). The summed E-state index contributed by atoms with van der Waals surface area (Å²) in [5, 5.41) is 18.0. The number of nitro groups is 1. The number of aryl methyl sites for hydroxylation is 1. The molecule has 0 aliphatic carbocycles. The van der Waals surface area contributed by atoms with Gasteiger partial charge in [0.2, 0.25) is 5.91 Å². The molecule has 1 aromatic carbocycles. The average Bonchev–Trinajstić information content (AvgIpc) is 2.84. The molecule has 0 spiro atoms. The highest BCUT2D eigenvalue weighted by molar-refractivity contribution is 6.31. The van der Waals surface area contributed by atoms with Crippen molar-refractivity contribution in [2.24, 2.45) is 0 Å². The molecule has 0 aliphatic rings. The van der Waals surface area contributed by atoms with E-state index in [9.17, 15) is 14.9 Å². The fourth-order valence-electron chi connectivity index (χ4n) is 1.65. The predicted octanol–water partition coefficient (Wildman–Crippen LogP) is 3.13. The van der Waals surface area contributed by atoms with Crippen molar-refractivity contribution in [2.75, 3.05) is 5.32 Å². The van der Waals surface area contributed by atoms with E-state index in [4.69, 9.17) is 23.2 Å². The van der Waals surface area contributed by atoms with E-state index in [-0.39, 0.29) is 28.7 Å². The van der Waals surface area contributed by atoms with Gasteiger partial charge in [0.1, 0.15) is 5.69 Å². The fourth-order valence-corrected chi connectivity index (χ4v) is 1.97. The molecule has 0 bridgehead atoms. The number of nitrogens with zero attached hydrogens (tertiary/aromatic N) is 3. The summed E-state index contributed by atoms with van der Waals surface area (Å²) in [7, 11) is 0. The number of aromatic nitrogens is 2. The van der Waals surface area contributed by atoms with Gasteiger partial charge in [-0.1, -0.05) is 23.2 Å². The second-order valence-electron chi connectivity index (χ2n) is 4.14. The minimum atomic E-state index is -0.602. The monoisotopic (exact) mass is 328 g/mol. The molecule has 0 unspecified atom stereocenters. The summed E-state index contributed by atoms with van der Waals surface area (Å²) in [4.78, 5) is 22.1. The molecule has 1 N–H and O–H groups in total. The highest BCUT2D eigenvalue weighted by atomic mass is 35.5. The first-order valence-electron chi connectivity index (χ1n) is 5.87. The molecular weight excluding hydrogens is 319 g/mol. The molecule has 0 saturated carbocycles. The number of carbonyl (C=O) groups is 1. The summed E-state index contributed by atoms with van der Waals surface area (Å²) in [6.07, 6.45) is 3.15. The number of nitrogens with one attached hydrogen (secondary N) is 1. The summed E-state index contributed by atoms with van der Waals surface area (Å²) in [6, 6.07) is 4.05. The third-order valence-corrected chi connectivity index (χ3v) is 3.03. The van der Waals surface area contributed by atoms with Gasteiger partial charge in [0.05, 0.1) is 16.1 Å². The van der Waals surface area contributed by atoms with Crippen molar-refractivity contribution in [1.29, 1.82) is 0 Å². The molecule has 9 heteroatoms. The van der Waals surface area contributed by atoms with Crippen LogP contribution in [0.5, 0.6) is 0 Å². The van der Waals surface area contributed by atoms with Crippen LogP contribution in [0.3, 0.4) is 0 Å². The fraction of sp³-hybridized carbons (Fsp3) is 0.167. The maximum Gasteiger partial charge on any atom is 0.294 e. The number of hydrogen-bond acceptors (Lipinski definition) is 4. The van der Waals surface area contributed by atoms with Crippen LogP contribution in [0.2, 0.25) is 10.0 Å². The van der Waals surface area contributed by atoms with E-state index < -0.39 is 4.92 Å². The Morgan fingerprint density at radius 1 is 1.38 bits per heavy atom. The Bertz CT molecular complexity index is 687. The molecule has 2 aromatic rings. The molecule has 0 saturated heterocycles. The van der Waals surface area contributed by atoms with Crippen molar-refractivity contribution in [2.45, 2.75) is 13.0 Å². The lowest BCUT2D eigenvalue weighted by molar-refractivity contribution is -0.383. The normalized spacial score (nSPS) is 10.4. The summed E-state index contributed by atoms with van der Waals surface area (Å²) in [6.45, 7) is 0.319. The van der Waals surface area contributed by atoms with Crippen molar-refractivity contribution < 1.29 is 9.72 Å². The van der Waals surface area contributed by atoms with Crippen LogP contribution in [-0.4, -0.2) is 20.6 Å². The molecule has 1 aromatic heterocycles. The number of benzene rings is 1. The number of anilines is 1. The summed E-state index contributed by atoms with van der Waals surface area (Å²) in [5.41, 5.74) is -0.147. The van der Waals surface area contributed by atoms with Crippen molar-refractivity contribution in [1.82, 2.24) is 9.78 Å². The van der Waals surface area contributed by atoms with Crippen LogP contribution in [-0.2, 0) is 11.3 Å². The molecule has 7 nitrogen and oxygen atoms in total. The molecule has 21 heavy (non-hydrogen) atoms. The lowest BCUT2D eigenvalue weighted by atomic mass is 10.2. The second kappa shape index (κ2) is 6.55. The SMILES string of the molecule is O=C(CCn1cc(Cl)cn1)Nc1ccc(Cl)cc1[N+](=O)[O-]. The van der Waals surface area contributed by atoms with Crippen LogP contribution in [0.4, 0.5) is 11.4 Å². The zero-order valence-electron chi connectivity index (χ0n) is 10.6. The van der Waals surface area contributed by atoms with E-state index in [0.29, 0.717) is 11.6 Å². The average molecular weight is 329 g/mol. The number of amides is 1. The van der Waals surface area contributed by atoms with Crippen molar-refractivity contribution >= 4 is 40.5 Å². The lowest BCUT2D eigenvalue weighted by Gasteiger charge is -2.06. The standard InChI is InChI=1S/C12H10Cl2N4O3/c13-8-1-2-10(11(5-8)18(20)21)16-12(19)3-4-17-7-9(14)6-15-17/h1-2,5-7H,3-4H2,(H,16,19). The Labute approximate surface area is 129 Å². The minimum absolute atomic E-state index is 0.105. The number of halogens is 2. The number of rotatable bonds is 5. The Morgan fingerprint density at radius 2 is 2.14 bits per heavy atom. The van der Waals surface area contributed by atoms with E-state index in [1.165, 1.54) is 29.1 Å². The first kappa shape index (κ1) is 15.3. The predicted molar refractivity (Wildman–Crippen MR) is 78.6 cm³/mol. The van der Waals surface area contributed by atoms with E-state index in [1.807, 2.05) is 0 Å². The van der Waals surface area contributed by atoms with Crippen molar-refractivity contribution in [3.63, 3.8) is 0 Å². The van der Waals surface area contributed by atoms with Gasteiger partial charge in [-0.25, -0.2) is 0 Å². The Morgan fingerprint density at radius 3 is 2.76 bits per heavy atom. The van der Waals surface area contributed by atoms with Gasteiger partial charge in [0.25, 0.3) is 5.69 Å². The molecule has 0 fully saturated rings. The minimum Gasteiger partial charge on any atom is -0.320 e. The molecule has 0 radical (unpaired) electrons. The first-order valence-corrected chi connectivity index (χ1v) is 6.63. The van der Waals surface area contributed by atoms with E-state index in [1.54, 1.807) is 6.20 Å². The Balaban J connectivity index is 2.01. The highest BCUT2D eigenvalue weighted by Crippen LogP contribution is 2.27. The van der Waals surface area contributed by atoms with Crippen molar-refractivity contribution in [3.05, 3.63) is 50.8 Å². The summed E-state index contributed by atoms with van der Waals surface area (Å²) in [5.74, 6) is -0.368. The highest BCUT2D eigenvalue weighted by Gasteiger charge is 2.16. The lowest BCUT2D eigenvalue weighted by Crippen LogP contribution is -2.15. The Hall–Kier alpha value is -2.12. The van der Waals surface area contributed by atoms with Gasteiger partial charge in [-0.15, -0.1) is 0 Å². The molecule has 110 valence electrons. The van der Waals surface area contributed by atoms with Crippen molar-refractivity contribution in [3.8, 4) is 0 Å². The van der Waals surface area contributed by atoms with Crippen LogP contribution in [0.15, 0.2) is 30.6 Å². The summed E-state index contributed by atoms with van der Waals surface area (Å²) >= 11 is 11.4. The number of carbonyl (C=O) groups excluding carboxylic acids is 1. The molecule has 1 amide bonds.